The lowest BCUT2D eigenvalue weighted by atomic mass is 10.1. The number of imide groups is 1. The average molecular weight is 541 g/mol. The van der Waals surface area contributed by atoms with Crippen LogP contribution in [0.25, 0.3) is 0 Å². The van der Waals surface area contributed by atoms with Gasteiger partial charge in [-0.15, -0.1) is 0 Å². The molecule has 1 heterocycles. The molecule has 1 aliphatic heterocycles. The van der Waals surface area contributed by atoms with E-state index in [-0.39, 0.29) is 18.5 Å². The number of methoxy groups -OCH3 is 2. The first kappa shape index (κ1) is 24.4. The number of ether oxygens (including phenoxy) is 2. The van der Waals surface area contributed by atoms with Gasteiger partial charge in [-0.2, -0.15) is 0 Å². The maximum Gasteiger partial charge on any atom is 0.257 e. The maximum absolute atomic E-state index is 13.7. The molecular formula is C26H22BrFN2O5. The fraction of sp³-hybridized carbons (Fsp3) is 0.192. The fourth-order valence-electron chi connectivity index (χ4n) is 3.97. The van der Waals surface area contributed by atoms with E-state index in [0.717, 1.165) is 9.37 Å². The summed E-state index contributed by atoms with van der Waals surface area (Å²) >= 11 is 3.34. The number of anilines is 1. The molecule has 3 aromatic rings. The van der Waals surface area contributed by atoms with Crippen molar-refractivity contribution in [2.75, 3.05) is 19.1 Å². The minimum atomic E-state index is -1.03. The highest BCUT2D eigenvalue weighted by Crippen LogP contribution is 2.31. The van der Waals surface area contributed by atoms with E-state index >= 15 is 0 Å². The lowest BCUT2D eigenvalue weighted by Gasteiger charge is -2.28. The zero-order valence-electron chi connectivity index (χ0n) is 19.0. The number of carbonyl (C=O) groups excluding carboxylic acids is 3. The third-order valence-electron chi connectivity index (χ3n) is 5.74. The van der Waals surface area contributed by atoms with E-state index in [9.17, 15) is 18.8 Å². The molecule has 0 radical (unpaired) electrons. The predicted molar refractivity (Wildman–Crippen MR) is 131 cm³/mol. The quantitative estimate of drug-likeness (QED) is 0.410. The van der Waals surface area contributed by atoms with Crippen molar-refractivity contribution in [1.29, 1.82) is 0 Å². The van der Waals surface area contributed by atoms with E-state index in [1.54, 1.807) is 36.4 Å². The Kier molecular flexibility index (Phi) is 7.16. The van der Waals surface area contributed by atoms with Crippen LogP contribution in [-0.4, -0.2) is 42.9 Å². The van der Waals surface area contributed by atoms with E-state index < -0.39 is 29.6 Å². The van der Waals surface area contributed by atoms with Crippen molar-refractivity contribution in [2.24, 2.45) is 0 Å². The van der Waals surface area contributed by atoms with Crippen LogP contribution in [0.1, 0.15) is 22.3 Å². The summed E-state index contributed by atoms with van der Waals surface area (Å²) in [6, 6.07) is 16.1. The summed E-state index contributed by atoms with van der Waals surface area (Å²) in [4.78, 5) is 42.4. The van der Waals surface area contributed by atoms with Gasteiger partial charge in [0.1, 0.15) is 11.9 Å². The van der Waals surface area contributed by atoms with Crippen LogP contribution in [0.3, 0.4) is 0 Å². The Balaban J connectivity index is 1.71. The molecule has 180 valence electrons. The first-order valence-corrected chi connectivity index (χ1v) is 11.5. The Morgan fingerprint density at radius 2 is 1.66 bits per heavy atom. The Morgan fingerprint density at radius 1 is 1.00 bits per heavy atom. The summed E-state index contributed by atoms with van der Waals surface area (Å²) in [5, 5.41) is 0. The minimum absolute atomic E-state index is 0.00528. The van der Waals surface area contributed by atoms with Gasteiger partial charge in [0.25, 0.3) is 11.8 Å². The largest absolute Gasteiger partial charge is 0.493 e. The lowest BCUT2D eigenvalue weighted by molar-refractivity contribution is -0.122. The van der Waals surface area contributed by atoms with Crippen molar-refractivity contribution < 1.29 is 28.2 Å². The Hall–Kier alpha value is -3.72. The molecule has 1 saturated heterocycles. The number of hydrogen-bond acceptors (Lipinski definition) is 5. The number of nitrogens with zero attached hydrogens (tertiary/aromatic N) is 2. The van der Waals surface area contributed by atoms with Gasteiger partial charge in [-0.25, -0.2) is 9.29 Å². The van der Waals surface area contributed by atoms with Crippen molar-refractivity contribution in [3.05, 3.63) is 88.1 Å². The average Bonchev–Trinajstić information content (AvgIpc) is 3.16. The molecule has 0 saturated carbocycles. The van der Waals surface area contributed by atoms with Gasteiger partial charge in [0, 0.05) is 16.6 Å². The van der Waals surface area contributed by atoms with Gasteiger partial charge in [-0.1, -0.05) is 28.1 Å². The van der Waals surface area contributed by atoms with E-state index in [1.165, 1.54) is 49.5 Å². The Bertz CT molecular complexity index is 1260. The molecular weight excluding hydrogens is 519 g/mol. The monoisotopic (exact) mass is 540 g/mol. The standard InChI is InChI=1S/C26H22BrFN2O5/c1-34-22-12-5-17(13-23(22)35-2)25(32)29(15-16-3-8-19(28)9-4-16)21-14-24(31)30(26(21)33)20-10-6-18(27)7-11-20/h3-13,21H,14-15H2,1-2H3. The molecule has 35 heavy (non-hydrogen) atoms. The molecule has 0 bridgehead atoms. The van der Waals surface area contributed by atoms with Crippen LogP contribution in [0.5, 0.6) is 11.5 Å². The topological polar surface area (TPSA) is 76.2 Å². The fourth-order valence-corrected chi connectivity index (χ4v) is 4.23. The lowest BCUT2D eigenvalue weighted by Crippen LogP contribution is -2.45. The van der Waals surface area contributed by atoms with E-state index in [4.69, 9.17) is 9.47 Å². The maximum atomic E-state index is 13.7. The first-order chi connectivity index (χ1) is 16.8. The molecule has 4 rings (SSSR count). The molecule has 3 aromatic carbocycles. The third-order valence-corrected chi connectivity index (χ3v) is 6.27. The number of halogens is 2. The Morgan fingerprint density at radius 3 is 2.29 bits per heavy atom. The predicted octanol–water partition coefficient (Wildman–Crippen LogP) is 4.58. The number of benzene rings is 3. The molecule has 9 heteroatoms. The second-order valence-electron chi connectivity index (χ2n) is 7.89. The summed E-state index contributed by atoms with van der Waals surface area (Å²) in [5.41, 5.74) is 1.29. The molecule has 0 aliphatic carbocycles. The summed E-state index contributed by atoms with van der Waals surface area (Å²) in [5.74, 6) is -1.01. The van der Waals surface area contributed by atoms with Crippen LogP contribution >= 0.6 is 15.9 Å². The minimum Gasteiger partial charge on any atom is -0.493 e. The van der Waals surface area contributed by atoms with Crippen LogP contribution < -0.4 is 14.4 Å². The SMILES string of the molecule is COc1ccc(C(=O)N(Cc2ccc(F)cc2)C2CC(=O)N(c3ccc(Br)cc3)C2=O)cc1OC. The van der Waals surface area contributed by atoms with Gasteiger partial charge >= 0.3 is 0 Å². The molecule has 0 aromatic heterocycles. The molecule has 1 atom stereocenters. The van der Waals surface area contributed by atoms with Crippen LogP contribution in [0, 0.1) is 5.82 Å². The second-order valence-corrected chi connectivity index (χ2v) is 8.81. The second kappa shape index (κ2) is 10.3. The summed E-state index contributed by atoms with van der Waals surface area (Å²) < 4.78 is 24.8. The first-order valence-electron chi connectivity index (χ1n) is 10.7. The van der Waals surface area contributed by atoms with Gasteiger partial charge in [-0.3, -0.25) is 14.4 Å². The molecule has 0 spiro atoms. The van der Waals surface area contributed by atoms with Crippen molar-refractivity contribution in [2.45, 2.75) is 19.0 Å². The zero-order chi connectivity index (χ0) is 25.1. The van der Waals surface area contributed by atoms with Crippen LogP contribution in [-0.2, 0) is 16.1 Å². The zero-order valence-corrected chi connectivity index (χ0v) is 20.6. The number of carbonyl (C=O) groups is 3. The molecule has 0 N–H and O–H groups in total. The van der Waals surface area contributed by atoms with Gasteiger partial charge in [-0.05, 0) is 60.2 Å². The van der Waals surface area contributed by atoms with Crippen molar-refractivity contribution in [3.8, 4) is 11.5 Å². The van der Waals surface area contributed by atoms with E-state index in [2.05, 4.69) is 15.9 Å². The summed E-state index contributed by atoms with van der Waals surface area (Å²) in [6.45, 7) is 0.00528. The number of amides is 3. The molecule has 3 amide bonds. The van der Waals surface area contributed by atoms with Crippen LogP contribution in [0.2, 0.25) is 0 Å². The molecule has 7 nitrogen and oxygen atoms in total. The van der Waals surface area contributed by atoms with Gasteiger partial charge in [0.15, 0.2) is 11.5 Å². The normalized spacial score (nSPS) is 15.3. The molecule has 1 unspecified atom stereocenters. The van der Waals surface area contributed by atoms with Gasteiger partial charge in [0.05, 0.1) is 26.3 Å². The van der Waals surface area contributed by atoms with Crippen molar-refractivity contribution in [3.63, 3.8) is 0 Å². The van der Waals surface area contributed by atoms with Gasteiger partial charge in [0.2, 0.25) is 5.91 Å². The highest BCUT2D eigenvalue weighted by Gasteiger charge is 2.44. The number of rotatable bonds is 7. The van der Waals surface area contributed by atoms with Crippen LogP contribution in [0.15, 0.2) is 71.2 Å². The smallest absolute Gasteiger partial charge is 0.257 e. The number of hydrogen-bond donors (Lipinski definition) is 0. The van der Waals surface area contributed by atoms with E-state index in [0.29, 0.717) is 22.7 Å². The highest BCUT2D eigenvalue weighted by atomic mass is 79.9. The molecule has 1 aliphatic rings. The Labute approximate surface area is 210 Å². The van der Waals surface area contributed by atoms with E-state index in [1.807, 2.05) is 0 Å². The van der Waals surface area contributed by atoms with Crippen molar-refractivity contribution in [1.82, 2.24) is 4.90 Å². The third kappa shape index (κ3) is 5.05. The summed E-state index contributed by atoms with van der Waals surface area (Å²) in [6.07, 6.45) is -0.172. The molecule has 1 fully saturated rings. The van der Waals surface area contributed by atoms with Crippen molar-refractivity contribution >= 4 is 39.3 Å². The highest BCUT2D eigenvalue weighted by molar-refractivity contribution is 9.10. The van der Waals surface area contributed by atoms with Crippen LogP contribution in [0.4, 0.5) is 10.1 Å². The summed E-state index contributed by atoms with van der Waals surface area (Å²) in [7, 11) is 2.94. The van der Waals surface area contributed by atoms with Gasteiger partial charge < -0.3 is 14.4 Å².